The SMILES string of the molecule is Cn1nnc(Br)c1S(=O)(=O)NC1CCC(CCl)CC1. The van der Waals surface area contributed by atoms with Crippen LogP contribution in [0.4, 0.5) is 0 Å². The zero-order valence-electron chi connectivity index (χ0n) is 10.5. The fourth-order valence-corrected chi connectivity index (χ4v) is 5.03. The molecule has 19 heavy (non-hydrogen) atoms. The number of alkyl halides is 1. The smallest absolute Gasteiger partial charge is 0.235 e. The van der Waals surface area contributed by atoms with E-state index >= 15 is 0 Å². The Balaban J connectivity index is 2.07. The second-order valence-corrected chi connectivity index (χ2v) is 7.49. The van der Waals surface area contributed by atoms with Crippen molar-refractivity contribution in [3.05, 3.63) is 4.60 Å². The van der Waals surface area contributed by atoms with Crippen LogP contribution in [-0.2, 0) is 17.1 Å². The average Bonchev–Trinajstić information content (AvgIpc) is 2.70. The maximum Gasteiger partial charge on any atom is 0.260 e. The van der Waals surface area contributed by atoms with Gasteiger partial charge < -0.3 is 0 Å². The molecule has 0 radical (unpaired) electrons. The highest BCUT2D eigenvalue weighted by molar-refractivity contribution is 9.10. The van der Waals surface area contributed by atoms with Gasteiger partial charge >= 0.3 is 0 Å². The quantitative estimate of drug-likeness (QED) is 0.817. The van der Waals surface area contributed by atoms with Gasteiger partial charge in [0.15, 0.2) is 4.60 Å². The number of aromatic nitrogens is 3. The average molecular weight is 372 g/mol. The number of nitrogens with one attached hydrogen (secondary N) is 1. The lowest BCUT2D eigenvalue weighted by molar-refractivity contribution is 0.334. The fraction of sp³-hybridized carbons (Fsp3) is 0.800. The number of aryl methyl sites for hydroxylation is 1. The first kappa shape index (κ1) is 15.2. The summed E-state index contributed by atoms with van der Waals surface area (Å²) in [4.78, 5) is 0. The summed E-state index contributed by atoms with van der Waals surface area (Å²) in [6.07, 6.45) is 3.56. The van der Waals surface area contributed by atoms with E-state index in [1.807, 2.05) is 0 Å². The molecule has 9 heteroatoms. The van der Waals surface area contributed by atoms with Crippen LogP contribution in [0.3, 0.4) is 0 Å². The lowest BCUT2D eigenvalue weighted by Crippen LogP contribution is -2.38. The first-order chi connectivity index (χ1) is 8.94. The Morgan fingerprint density at radius 3 is 2.53 bits per heavy atom. The number of hydrogen-bond donors (Lipinski definition) is 1. The van der Waals surface area contributed by atoms with Crippen molar-refractivity contribution in [2.24, 2.45) is 13.0 Å². The minimum atomic E-state index is -3.59. The first-order valence-corrected chi connectivity index (χ1v) is 8.88. The molecule has 1 aromatic heterocycles. The van der Waals surface area contributed by atoms with Crippen molar-refractivity contribution in [2.75, 3.05) is 5.88 Å². The van der Waals surface area contributed by atoms with Gasteiger partial charge in [-0.2, -0.15) is 0 Å². The van der Waals surface area contributed by atoms with Gasteiger partial charge in [0.25, 0.3) is 10.0 Å². The van der Waals surface area contributed by atoms with Crippen molar-refractivity contribution >= 4 is 37.6 Å². The van der Waals surface area contributed by atoms with Gasteiger partial charge in [0.1, 0.15) is 0 Å². The Kier molecular flexibility index (Phi) is 4.86. The van der Waals surface area contributed by atoms with Crippen molar-refractivity contribution in [3.63, 3.8) is 0 Å². The zero-order chi connectivity index (χ0) is 14.0. The van der Waals surface area contributed by atoms with Crippen LogP contribution < -0.4 is 4.72 Å². The summed E-state index contributed by atoms with van der Waals surface area (Å²) in [6.45, 7) is 0. The van der Waals surface area contributed by atoms with Crippen molar-refractivity contribution < 1.29 is 8.42 Å². The normalized spacial score (nSPS) is 24.6. The molecule has 1 aliphatic carbocycles. The number of nitrogens with zero attached hydrogens (tertiary/aromatic N) is 3. The molecule has 1 aromatic rings. The molecule has 1 saturated carbocycles. The molecular weight excluding hydrogens is 356 g/mol. The van der Waals surface area contributed by atoms with Gasteiger partial charge in [0.05, 0.1) is 0 Å². The minimum absolute atomic E-state index is 0.0359. The van der Waals surface area contributed by atoms with Crippen LogP contribution in [0.5, 0.6) is 0 Å². The van der Waals surface area contributed by atoms with Gasteiger partial charge in [-0.15, -0.1) is 16.7 Å². The van der Waals surface area contributed by atoms with E-state index in [9.17, 15) is 8.42 Å². The highest BCUT2D eigenvalue weighted by Crippen LogP contribution is 2.27. The predicted octanol–water partition coefficient (Wildman–Crippen LogP) is 1.65. The van der Waals surface area contributed by atoms with Crippen LogP contribution in [0.1, 0.15) is 25.7 Å². The summed E-state index contributed by atoms with van der Waals surface area (Å²) in [5, 5.41) is 7.44. The van der Waals surface area contributed by atoms with Crippen LogP contribution in [0.15, 0.2) is 9.63 Å². The third-order valence-corrected chi connectivity index (χ3v) is 6.22. The van der Waals surface area contributed by atoms with E-state index < -0.39 is 10.0 Å². The van der Waals surface area contributed by atoms with E-state index in [1.54, 1.807) is 7.05 Å². The number of rotatable bonds is 4. The largest absolute Gasteiger partial charge is 0.260 e. The van der Waals surface area contributed by atoms with Crippen LogP contribution in [-0.4, -0.2) is 35.3 Å². The van der Waals surface area contributed by atoms with Gasteiger partial charge in [-0.3, -0.25) is 0 Å². The van der Waals surface area contributed by atoms with Crippen molar-refractivity contribution in [3.8, 4) is 0 Å². The Morgan fingerprint density at radius 1 is 1.42 bits per heavy atom. The summed E-state index contributed by atoms with van der Waals surface area (Å²) >= 11 is 8.93. The minimum Gasteiger partial charge on any atom is -0.235 e. The van der Waals surface area contributed by atoms with Gasteiger partial charge in [-0.1, -0.05) is 5.21 Å². The van der Waals surface area contributed by atoms with Crippen molar-refractivity contribution in [1.82, 2.24) is 19.7 Å². The molecular formula is C10H16BrClN4O2S. The molecule has 1 fully saturated rings. The van der Waals surface area contributed by atoms with E-state index in [1.165, 1.54) is 4.68 Å². The molecule has 108 valence electrons. The Hall–Kier alpha value is -0.180. The highest BCUT2D eigenvalue weighted by atomic mass is 79.9. The van der Waals surface area contributed by atoms with E-state index in [0.29, 0.717) is 11.8 Å². The zero-order valence-corrected chi connectivity index (χ0v) is 13.7. The molecule has 0 aliphatic heterocycles. The molecule has 2 rings (SSSR count). The molecule has 1 N–H and O–H groups in total. The maximum atomic E-state index is 12.3. The summed E-state index contributed by atoms with van der Waals surface area (Å²) in [5.74, 6) is 1.16. The van der Waals surface area contributed by atoms with Gasteiger partial charge in [-0.05, 0) is 47.5 Å². The molecule has 0 aromatic carbocycles. The molecule has 0 spiro atoms. The summed E-state index contributed by atoms with van der Waals surface area (Å²) < 4.78 is 28.8. The molecule has 0 amide bonds. The molecule has 0 atom stereocenters. The van der Waals surface area contributed by atoms with E-state index in [4.69, 9.17) is 11.6 Å². The standard InChI is InChI=1S/C10H16BrClN4O2S/c1-16-10(9(11)13-15-16)19(17,18)14-8-4-2-7(6-12)3-5-8/h7-8,14H,2-6H2,1H3. The number of sulfonamides is 1. The lowest BCUT2D eigenvalue weighted by Gasteiger charge is -2.27. The lowest BCUT2D eigenvalue weighted by atomic mass is 9.88. The molecule has 1 heterocycles. The number of halogens is 2. The van der Waals surface area contributed by atoms with Crippen LogP contribution in [0.2, 0.25) is 0 Å². The Labute approximate surface area is 126 Å². The van der Waals surface area contributed by atoms with Crippen molar-refractivity contribution in [2.45, 2.75) is 36.8 Å². The van der Waals surface area contributed by atoms with E-state index in [-0.39, 0.29) is 15.7 Å². The Morgan fingerprint density at radius 2 is 2.05 bits per heavy atom. The maximum absolute atomic E-state index is 12.3. The molecule has 0 unspecified atom stereocenters. The van der Waals surface area contributed by atoms with E-state index in [2.05, 4.69) is 31.0 Å². The molecule has 6 nitrogen and oxygen atoms in total. The number of hydrogen-bond acceptors (Lipinski definition) is 4. The fourth-order valence-electron chi connectivity index (χ4n) is 2.32. The van der Waals surface area contributed by atoms with Crippen LogP contribution in [0, 0.1) is 5.92 Å². The molecule has 1 aliphatic rings. The van der Waals surface area contributed by atoms with Crippen molar-refractivity contribution in [1.29, 1.82) is 0 Å². The predicted molar refractivity (Wildman–Crippen MR) is 75.5 cm³/mol. The molecule has 0 bridgehead atoms. The monoisotopic (exact) mass is 370 g/mol. The van der Waals surface area contributed by atoms with Crippen LogP contribution in [0.25, 0.3) is 0 Å². The van der Waals surface area contributed by atoms with Gasteiger partial charge in [0.2, 0.25) is 5.03 Å². The summed E-state index contributed by atoms with van der Waals surface area (Å²) in [6, 6.07) is -0.0359. The van der Waals surface area contributed by atoms with Crippen LogP contribution >= 0.6 is 27.5 Å². The third kappa shape index (κ3) is 3.48. The highest BCUT2D eigenvalue weighted by Gasteiger charge is 2.29. The van der Waals surface area contributed by atoms with Gasteiger partial charge in [-0.25, -0.2) is 17.8 Å². The second-order valence-electron chi connectivity index (χ2n) is 4.80. The molecule has 0 saturated heterocycles. The third-order valence-electron chi connectivity index (χ3n) is 3.38. The summed E-state index contributed by atoms with van der Waals surface area (Å²) in [5.41, 5.74) is 0. The van der Waals surface area contributed by atoms with Gasteiger partial charge in [0, 0.05) is 19.0 Å². The second kappa shape index (κ2) is 6.07. The summed E-state index contributed by atoms with van der Waals surface area (Å²) in [7, 11) is -2.04. The first-order valence-electron chi connectivity index (χ1n) is 6.07. The van der Waals surface area contributed by atoms with E-state index in [0.717, 1.165) is 25.7 Å². The topological polar surface area (TPSA) is 76.9 Å². The Bertz CT molecular complexity index is 520.